The van der Waals surface area contributed by atoms with Gasteiger partial charge in [-0.1, -0.05) is 35.9 Å². The molecule has 0 spiro atoms. The van der Waals surface area contributed by atoms with E-state index in [1.165, 1.54) is 0 Å². The van der Waals surface area contributed by atoms with Gasteiger partial charge in [-0.05, 0) is 24.3 Å². The normalized spacial score (nSPS) is 13.8. The quantitative estimate of drug-likeness (QED) is 0.923. The van der Waals surface area contributed by atoms with Gasteiger partial charge in [0.15, 0.2) is 0 Å². The van der Waals surface area contributed by atoms with Gasteiger partial charge < -0.3 is 10.5 Å². The van der Waals surface area contributed by atoms with Crippen molar-refractivity contribution in [3.8, 4) is 5.75 Å². The summed E-state index contributed by atoms with van der Waals surface area (Å²) in [6.07, 6.45) is 0. The van der Waals surface area contributed by atoms with Crippen molar-refractivity contribution in [2.45, 2.75) is 10.9 Å². The highest BCUT2D eigenvalue weighted by molar-refractivity contribution is 7.85. The second kappa shape index (κ2) is 6.88. The highest BCUT2D eigenvalue weighted by atomic mass is 35.5. The molecule has 0 aliphatic heterocycles. The summed E-state index contributed by atoms with van der Waals surface area (Å²) in [5.41, 5.74) is 6.99. The minimum atomic E-state index is -1.20. The zero-order chi connectivity index (χ0) is 14.5. The van der Waals surface area contributed by atoms with Crippen LogP contribution in [0, 0.1) is 0 Å². The van der Waals surface area contributed by atoms with Gasteiger partial charge in [0, 0.05) is 27.3 Å². The van der Waals surface area contributed by atoms with Crippen LogP contribution in [0.5, 0.6) is 5.75 Å². The van der Waals surface area contributed by atoms with Crippen LogP contribution in [-0.2, 0) is 10.8 Å². The monoisotopic (exact) mass is 309 g/mol. The number of halogens is 1. The van der Waals surface area contributed by atoms with E-state index in [1.54, 1.807) is 31.4 Å². The summed E-state index contributed by atoms with van der Waals surface area (Å²) >= 11 is 5.90. The Balaban J connectivity index is 2.15. The number of nitrogens with two attached hydrogens (primary N) is 1. The standard InChI is InChI=1S/C15H16ClNO2S/c1-19-15-8-3-2-7-13(15)14(17)10-20(18)12-6-4-5-11(16)9-12/h2-9,14H,10,17H2,1H3. The number of benzene rings is 2. The van der Waals surface area contributed by atoms with E-state index in [-0.39, 0.29) is 6.04 Å². The third-order valence-electron chi connectivity index (χ3n) is 2.93. The van der Waals surface area contributed by atoms with Gasteiger partial charge in [-0.2, -0.15) is 0 Å². The number of para-hydroxylation sites is 1. The summed E-state index contributed by atoms with van der Waals surface area (Å²) in [5, 5.41) is 0.571. The van der Waals surface area contributed by atoms with Crippen molar-refractivity contribution in [3.05, 3.63) is 59.1 Å². The molecule has 0 bridgehead atoms. The molecule has 0 aliphatic carbocycles. The van der Waals surface area contributed by atoms with Crippen molar-refractivity contribution in [1.82, 2.24) is 0 Å². The Kier molecular flexibility index (Phi) is 5.17. The lowest BCUT2D eigenvalue weighted by Crippen LogP contribution is -2.19. The number of hydrogen-bond acceptors (Lipinski definition) is 3. The number of hydrogen-bond donors (Lipinski definition) is 1. The second-order valence-electron chi connectivity index (χ2n) is 4.32. The maximum atomic E-state index is 12.3. The molecule has 5 heteroatoms. The number of rotatable bonds is 5. The first kappa shape index (κ1) is 15.0. The number of ether oxygens (including phenoxy) is 1. The fourth-order valence-electron chi connectivity index (χ4n) is 1.93. The van der Waals surface area contributed by atoms with E-state index in [2.05, 4.69) is 0 Å². The van der Waals surface area contributed by atoms with Crippen molar-refractivity contribution in [3.63, 3.8) is 0 Å². The molecule has 0 radical (unpaired) electrons. The van der Waals surface area contributed by atoms with Crippen molar-refractivity contribution < 1.29 is 8.95 Å². The van der Waals surface area contributed by atoms with E-state index in [4.69, 9.17) is 22.1 Å². The van der Waals surface area contributed by atoms with Gasteiger partial charge in [-0.25, -0.2) is 0 Å². The molecule has 0 aromatic heterocycles. The van der Waals surface area contributed by atoms with Gasteiger partial charge in [-0.15, -0.1) is 0 Å². The van der Waals surface area contributed by atoms with Crippen LogP contribution < -0.4 is 10.5 Å². The maximum absolute atomic E-state index is 12.3. The van der Waals surface area contributed by atoms with Gasteiger partial charge >= 0.3 is 0 Å². The predicted octanol–water partition coefficient (Wildman–Crippen LogP) is 3.16. The summed E-state index contributed by atoms with van der Waals surface area (Å²) < 4.78 is 17.6. The van der Waals surface area contributed by atoms with Gasteiger partial charge in [0.25, 0.3) is 0 Å². The Hall–Kier alpha value is -1.36. The Labute approximate surface area is 126 Å². The summed E-state index contributed by atoms with van der Waals surface area (Å²) in [5.74, 6) is 1.03. The minimum Gasteiger partial charge on any atom is -0.496 e. The van der Waals surface area contributed by atoms with Crippen molar-refractivity contribution in [2.24, 2.45) is 5.73 Å². The topological polar surface area (TPSA) is 52.3 Å². The molecule has 2 N–H and O–H groups in total. The van der Waals surface area contributed by atoms with E-state index in [1.807, 2.05) is 24.3 Å². The summed E-state index contributed by atoms with van der Waals surface area (Å²) in [7, 11) is 0.397. The molecule has 0 saturated heterocycles. The van der Waals surface area contributed by atoms with Crippen LogP contribution in [0.15, 0.2) is 53.4 Å². The first-order chi connectivity index (χ1) is 9.61. The molecular formula is C15H16ClNO2S. The van der Waals surface area contributed by atoms with Crippen LogP contribution in [0.2, 0.25) is 5.02 Å². The molecule has 2 atom stereocenters. The maximum Gasteiger partial charge on any atom is 0.123 e. The van der Waals surface area contributed by atoms with Gasteiger partial charge in [0.05, 0.1) is 17.9 Å². The summed E-state index contributed by atoms with van der Waals surface area (Å²) in [4.78, 5) is 0.683. The van der Waals surface area contributed by atoms with Crippen LogP contribution in [0.4, 0.5) is 0 Å². The highest BCUT2D eigenvalue weighted by Crippen LogP contribution is 2.25. The molecule has 2 aromatic carbocycles. The smallest absolute Gasteiger partial charge is 0.123 e. The SMILES string of the molecule is COc1ccccc1C(N)CS(=O)c1cccc(Cl)c1. The Morgan fingerprint density at radius 1 is 1.25 bits per heavy atom. The molecule has 0 aliphatic rings. The molecule has 0 amide bonds. The van der Waals surface area contributed by atoms with Crippen LogP contribution in [0.3, 0.4) is 0 Å². The molecule has 2 aromatic rings. The molecule has 2 rings (SSSR count). The van der Waals surface area contributed by atoms with Crippen molar-refractivity contribution in [1.29, 1.82) is 0 Å². The average molecular weight is 310 g/mol. The van der Waals surface area contributed by atoms with Crippen molar-refractivity contribution in [2.75, 3.05) is 12.9 Å². The second-order valence-corrected chi connectivity index (χ2v) is 6.25. The van der Waals surface area contributed by atoms with Crippen LogP contribution in [0.1, 0.15) is 11.6 Å². The molecule has 106 valence electrons. The average Bonchev–Trinajstić information content (AvgIpc) is 2.47. The largest absolute Gasteiger partial charge is 0.496 e. The Morgan fingerprint density at radius 2 is 2.00 bits per heavy atom. The molecule has 2 unspecified atom stereocenters. The molecule has 0 heterocycles. The minimum absolute atomic E-state index is 0.320. The molecule has 3 nitrogen and oxygen atoms in total. The van der Waals surface area contributed by atoms with E-state index in [0.717, 1.165) is 5.56 Å². The van der Waals surface area contributed by atoms with E-state index in [9.17, 15) is 4.21 Å². The van der Waals surface area contributed by atoms with Crippen LogP contribution >= 0.6 is 11.6 Å². The summed E-state index contributed by atoms with van der Waals surface area (Å²) in [6, 6.07) is 14.2. The lowest BCUT2D eigenvalue weighted by atomic mass is 10.1. The summed E-state index contributed by atoms with van der Waals surface area (Å²) in [6.45, 7) is 0. The fourth-order valence-corrected chi connectivity index (χ4v) is 3.37. The van der Waals surface area contributed by atoms with E-state index < -0.39 is 10.8 Å². The Bertz CT molecular complexity index is 618. The lowest BCUT2D eigenvalue weighted by molar-refractivity contribution is 0.407. The van der Waals surface area contributed by atoms with Crippen LogP contribution in [0.25, 0.3) is 0 Å². The Morgan fingerprint density at radius 3 is 2.70 bits per heavy atom. The zero-order valence-electron chi connectivity index (χ0n) is 11.1. The van der Waals surface area contributed by atoms with Crippen LogP contribution in [-0.4, -0.2) is 17.1 Å². The first-order valence-electron chi connectivity index (χ1n) is 6.14. The van der Waals surface area contributed by atoms with E-state index >= 15 is 0 Å². The lowest BCUT2D eigenvalue weighted by Gasteiger charge is -2.15. The van der Waals surface area contributed by atoms with Gasteiger partial charge in [0.2, 0.25) is 0 Å². The van der Waals surface area contributed by atoms with Gasteiger partial charge in [0.1, 0.15) is 5.75 Å². The van der Waals surface area contributed by atoms with Gasteiger partial charge in [-0.3, -0.25) is 4.21 Å². The third-order valence-corrected chi connectivity index (χ3v) is 4.60. The number of methoxy groups -OCH3 is 1. The molecule has 20 heavy (non-hydrogen) atoms. The van der Waals surface area contributed by atoms with E-state index in [0.29, 0.717) is 21.4 Å². The van der Waals surface area contributed by atoms with Crippen molar-refractivity contribution >= 4 is 22.4 Å². The third kappa shape index (κ3) is 3.60. The molecular weight excluding hydrogens is 294 g/mol. The first-order valence-corrected chi connectivity index (χ1v) is 7.84. The fraction of sp³-hybridized carbons (Fsp3) is 0.200. The molecule has 0 saturated carbocycles. The highest BCUT2D eigenvalue weighted by Gasteiger charge is 2.15. The zero-order valence-corrected chi connectivity index (χ0v) is 12.7. The molecule has 0 fully saturated rings. The predicted molar refractivity (Wildman–Crippen MR) is 82.6 cm³/mol.